The van der Waals surface area contributed by atoms with E-state index in [4.69, 9.17) is 5.73 Å². The van der Waals surface area contributed by atoms with Crippen molar-refractivity contribution in [3.8, 4) is 0 Å². The third-order valence-electron chi connectivity index (χ3n) is 3.36. The number of carbonyl (C=O) groups is 3. The first-order chi connectivity index (χ1) is 9.17. The highest BCUT2D eigenvalue weighted by Crippen LogP contribution is 2.26. The van der Waals surface area contributed by atoms with E-state index in [0.29, 0.717) is 32.1 Å². The molecule has 0 unspecified atom stereocenters. The summed E-state index contributed by atoms with van der Waals surface area (Å²) in [5, 5.41) is 3.45. The zero-order valence-corrected chi connectivity index (χ0v) is 13.1. The van der Waals surface area contributed by atoms with E-state index in [1.165, 1.54) is 0 Å². The molecule has 0 aromatic carbocycles. The second kappa shape index (κ2) is 8.84. The maximum absolute atomic E-state index is 11.3. The lowest BCUT2D eigenvalue weighted by atomic mass is 9.82. The summed E-state index contributed by atoms with van der Waals surface area (Å²) in [5.41, 5.74) is 4.87. The van der Waals surface area contributed by atoms with Gasteiger partial charge in [-0.2, -0.15) is 0 Å². The molecule has 5 heteroatoms. The molecule has 0 radical (unpaired) electrons. The third kappa shape index (κ3) is 8.80. The number of amides is 1. The second-order valence-electron chi connectivity index (χ2n) is 5.95. The van der Waals surface area contributed by atoms with Crippen LogP contribution in [0.25, 0.3) is 0 Å². The molecule has 0 fully saturated rings. The van der Waals surface area contributed by atoms with Crippen LogP contribution in [0.2, 0.25) is 0 Å². The largest absolute Gasteiger partial charge is 0.370 e. The van der Waals surface area contributed by atoms with Gasteiger partial charge in [-0.05, 0) is 33.1 Å². The fourth-order valence-electron chi connectivity index (χ4n) is 2.40. The number of rotatable bonds is 11. The molecule has 0 bridgehead atoms. The van der Waals surface area contributed by atoms with Gasteiger partial charge in [-0.25, -0.2) is 0 Å². The van der Waals surface area contributed by atoms with Crippen molar-refractivity contribution in [2.45, 2.75) is 77.8 Å². The maximum Gasteiger partial charge on any atom is 0.217 e. The lowest BCUT2D eigenvalue weighted by Gasteiger charge is -2.37. The second-order valence-corrected chi connectivity index (χ2v) is 5.95. The maximum atomic E-state index is 11.3. The minimum Gasteiger partial charge on any atom is -0.370 e. The molecule has 3 N–H and O–H groups in total. The number of hydrogen-bond acceptors (Lipinski definition) is 4. The summed E-state index contributed by atoms with van der Waals surface area (Å²) in [7, 11) is 0. The number of primary amides is 1. The van der Waals surface area contributed by atoms with Crippen LogP contribution >= 0.6 is 0 Å². The Morgan fingerprint density at radius 2 is 1.35 bits per heavy atom. The zero-order valence-electron chi connectivity index (χ0n) is 13.1. The topological polar surface area (TPSA) is 89.3 Å². The average Bonchev–Trinajstić information content (AvgIpc) is 2.30. The molecule has 0 aliphatic carbocycles. The SMILES string of the molecule is CC(=O)CCC(CCC(C)=O)(CCC(N)=O)NC(C)C. The van der Waals surface area contributed by atoms with Crippen molar-refractivity contribution in [2.24, 2.45) is 5.73 Å². The van der Waals surface area contributed by atoms with E-state index in [9.17, 15) is 14.4 Å². The normalized spacial score (nSPS) is 11.7. The number of ketones is 2. The molecule has 116 valence electrons. The number of carbonyl (C=O) groups excluding carboxylic acids is 3. The van der Waals surface area contributed by atoms with Gasteiger partial charge in [-0.15, -0.1) is 0 Å². The van der Waals surface area contributed by atoms with Gasteiger partial charge in [0, 0.05) is 30.8 Å². The fraction of sp³-hybridized carbons (Fsp3) is 0.800. The van der Waals surface area contributed by atoms with E-state index in [2.05, 4.69) is 5.32 Å². The van der Waals surface area contributed by atoms with E-state index in [1.54, 1.807) is 13.8 Å². The first kappa shape index (κ1) is 18.8. The minimum absolute atomic E-state index is 0.113. The quantitative estimate of drug-likeness (QED) is 0.604. The van der Waals surface area contributed by atoms with Crippen LogP contribution in [0.4, 0.5) is 0 Å². The predicted octanol–water partition coefficient (Wildman–Crippen LogP) is 1.73. The van der Waals surface area contributed by atoms with Crippen molar-refractivity contribution >= 4 is 17.5 Å². The molecular weight excluding hydrogens is 256 g/mol. The third-order valence-corrected chi connectivity index (χ3v) is 3.36. The average molecular weight is 284 g/mol. The van der Waals surface area contributed by atoms with Gasteiger partial charge in [0.25, 0.3) is 0 Å². The lowest BCUT2D eigenvalue weighted by Crippen LogP contribution is -2.49. The Kier molecular flexibility index (Phi) is 8.30. The Hall–Kier alpha value is -1.23. The van der Waals surface area contributed by atoms with Crippen molar-refractivity contribution in [2.75, 3.05) is 0 Å². The van der Waals surface area contributed by atoms with Crippen LogP contribution in [0.1, 0.15) is 66.2 Å². The van der Waals surface area contributed by atoms with Crippen molar-refractivity contribution in [3.63, 3.8) is 0 Å². The van der Waals surface area contributed by atoms with Crippen LogP contribution in [-0.2, 0) is 14.4 Å². The van der Waals surface area contributed by atoms with Crippen LogP contribution in [-0.4, -0.2) is 29.1 Å². The first-order valence-electron chi connectivity index (χ1n) is 7.22. The molecule has 0 aromatic rings. The van der Waals surface area contributed by atoms with Crippen molar-refractivity contribution in [1.29, 1.82) is 0 Å². The number of Topliss-reactive ketones (excluding diaryl/α,β-unsaturated/α-hetero) is 2. The zero-order chi connectivity index (χ0) is 15.8. The van der Waals surface area contributed by atoms with Gasteiger partial charge in [0.1, 0.15) is 11.6 Å². The monoisotopic (exact) mass is 284 g/mol. The summed E-state index contributed by atoms with van der Waals surface area (Å²) in [6, 6.07) is 0.210. The summed E-state index contributed by atoms with van der Waals surface area (Å²) in [6.45, 7) is 7.14. The van der Waals surface area contributed by atoms with Crippen LogP contribution in [0, 0.1) is 0 Å². The van der Waals surface area contributed by atoms with E-state index in [0.717, 1.165) is 0 Å². The number of nitrogens with one attached hydrogen (secondary N) is 1. The van der Waals surface area contributed by atoms with Crippen molar-refractivity contribution in [1.82, 2.24) is 5.32 Å². The molecule has 20 heavy (non-hydrogen) atoms. The highest BCUT2D eigenvalue weighted by molar-refractivity contribution is 5.76. The fourth-order valence-corrected chi connectivity index (χ4v) is 2.40. The van der Waals surface area contributed by atoms with Crippen LogP contribution in [0.5, 0.6) is 0 Å². The molecule has 0 aromatic heterocycles. The lowest BCUT2D eigenvalue weighted by molar-refractivity contribution is -0.118. The predicted molar refractivity (Wildman–Crippen MR) is 79.3 cm³/mol. The first-order valence-corrected chi connectivity index (χ1v) is 7.22. The summed E-state index contributed by atoms with van der Waals surface area (Å²) < 4.78 is 0. The summed E-state index contributed by atoms with van der Waals surface area (Å²) in [5.74, 6) is -0.130. The molecule has 1 amide bonds. The number of nitrogens with two attached hydrogens (primary N) is 1. The molecule has 0 aliphatic rings. The van der Waals surface area contributed by atoms with E-state index in [-0.39, 0.29) is 35.5 Å². The van der Waals surface area contributed by atoms with Gasteiger partial charge < -0.3 is 20.6 Å². The van der Waals surface area contributed by atoms with E-state index >= 15 is 0 Å². The van der Waals surface area contributed by atoms with Gasteiger partial charge in [-0.3, -0.25) is 4.79 Å². The Morgan fingerprint density at radius 3 is 1.65 bits per heavy atom. The van der Waals surface area contributed by atoms with Gasteiger partial charge in [0.2, 0.25) is 5.91 Å². The van der Waals surface area contributed by atoms with Crippen LogP contribution in [0.15, 0.2) is 0 Å². The molecule has 0 spiro atoms. The van der Waals surface area contributed by atoms with Crippen LogP contribution in [0.3, 0.4) is 0 Å². The Labute approximate surface area is 121 Å². The Morgan fingerprint density at radius 1 is 0.950 bits per heavy atom. The molecule has 0 rings (SSSR count). The molecule has 0 heterocycles. The molecule has 0 atom stereocenters. The van der Waals surface area contributed by atoms with E-state index < -0.39 is 0 Å². The highest BCUT2D eigenvalue weighted by Gasteiger charge is 2.31. The molecule has 0 saturated heterocycles. The smallest absolute Gasteiger partial charge is 0.217 e. The van der Waals surface area contributed by atoms with Crippen molar-refractivity contribution < 1.29 is 14.4 Å². The molecule has 0 saturated carbocycles. The van der Waals surface area contributed by atoms with E-state index in [1.807, 2.05) is 13.8 Å². The summed E-state index contributed by atoms with van der Waals surface area (Å²) in [4.78, 5) is 33.6. The summed E-state index contributed by atoms with van der Waals surface area (Å²) >= 11 is 0. The van der Waals surface area contributed by atoms with Gasteiger partial charge in [0.05, 0.1) is 0 Å². The Bertz CT molecular complexity index is 305. The van der Waals surface area contributed by atoms with Crippen LogP contribution < -0.4 is 11.1 Å². The summed E-state index contributed by atoms with van der Waals surface area (Å²) in [6.07, 6.45) is 2.95. The molecular formula is C15H28N2O3. The number of hydrogen-bond donors (Lipinski definition) is 2. The van der Waals surface area contributed by atoms with Gasteiger partial charge in [0.15, 0.2) is 0 Å². The van der Waals surface area contributed by atoms with Crippen molar-refractivity contribution in [3.05, 3.63) is 0 Å². The standard InChI is InChI=1S/C15H28N2O3/c1-11(2)17-15(8-5-12(3)18,9-6-13(4)19)10-7-14(16)20/h11,17H,5-10H2,1-4H3,(H2,16,20). The molecule has 5 nitrogen and oxygen atoms in total. The Balaban J connectivity index is 4.97. The minimum atomic E-state index is -0.374. The highest BCUT2D eigenvalue weighted by atomic mass is 16.1. The van der Waals surface area contributed by atoms with Gasteiger partial charge in [-0.1, -0.05) is 13.8 Å². The van der Waals surface area contributed by atoms with Gasteiger partial charge >= 0.3 is 0 Å². The molecule has 0 aliphatic heterocycles.